The SMILES string of the molecule is COC1COCCC1NC1CC2CN(Cc3ccccc3)CC2(C(=O)N2CCc3ncc(C(F)(F)F)cc3C2)C1. The maximum absolute atomic E-state index is 14.4. The lowest BCUT2D eigenvalue weighted by atomic mass is 9.78. The lowest BCUT2D eigenvalue weighted by molar-refractivity contribution is -0.144. The summed E-state index contributed by atoms with van der Waals surface area (Å²) < 4.78 is 51.5. The van der Waals surface area contributed by atoms with Crippen LogP contribution >= 0.6 is 0 Å². The second kappa shape index (κ2) is 11.0. The zero-order valence-corrected chi connectivity index (χ0v) is 22.8. The van der Waals surface area contributed by atoms with Gasteiger partial charge in [-0.2, -0.15) is 13.2 Å². The third-order valence-electron chi connectivity index (χ3n) is 9.33. The number of likely N-dealkylation sites (tertiary alicyclic amines) is 1. The van der Waals surface area contributed by atoms with Crippen LogP contribution in [-0.2, 0) is 40.0 Å². The van der Waals surface area contributed by atoms with Crippen LogP contribution < -0.4 is 5.32 Å². The Kier molecular flexibility index (Phi) is 7.63. The van der Waals surface area contributed by atoms with Gasteiger partial charge in [0.2, 0.25) is 5.91 Å². The van der Waals surface area contributed by atoms with E-state index in [1.807, 2.05) is 18.2 Å². The van der Waals surface area contributed by atoms with Crippen LogP contribution in [0.5, 0.6) is 0 Å². The summed E-state index contributed by atoms with van der Waals surface area (Å²) in [4.78, 5) is 22.7. The Morgan fingerprint density at radius 3 is 2.88 bits per heavy atom. The fourth-order valence-electron chi connectivity index (χ4n) is 7.40. The van der Waals surface area contributed by atoms with Crippen LogP contribution in [0.1, 0.15) is 41.6 Å². The van der Waals surface area contributed by atoms with Gasteiger partial charge in [0.05, 0.1) is 23.7 Å². The van der Waals surface area contributed by atoms with Crippen molar-refractivity contribution in [1.29, 1.82) is 0 Å². The number of halogens is 3. The van der Waals surface area contributed by atoms with E-state index in [0.29, 0.717) is 50.4 Å². The quantitative estimate of drug-likeness (QED) is 0.584. The summed E-state index contributed by atoms with van der Waals surface area (Å²) in [5, 5.41) is 3.80. The molecule has 1 amide bonds. The molecule has 6 rings (SSSR count). The molecule has 216 valence electrons. The zero-order chi connectivity index (χ0) is 27.9. The molecule has 1 aromatic carbocycles. The van der Waals surface area contributed by atoms with E-state index in [0.717, 1.165) is 32.1 Å². The number of aromatic nitrogens is 1. The number of pyridine rings is 1. The summed E-state index contributed by atoms with van der Waals surface area (Å²) in [5.74, 6) is 0.235. The van der Waals surface area contributed by atoms with Crippen molar-refractivity contribution in [2.45, 2.75) is 63.1 Å². The summed E-state index contributed by atoms with van der Waals surface area (Å²) in [6, 6.07) is 11.8. The van der Waals surface area contributed by atoms with E-state index in [1.54, 1.807) is 12.0 Å². The lowest BCUT2D eigenvalue weighted by Crippen LogP contribution is -2.52. The van der Waals surface area contributed by atoms with Crippen LogP contribution in [0.15, 0.2) is 42.6 Å². The van der Waals surface area contributed by atoms with E-state index in [9.17, 15) is 18.0 Å². The van der Waals surface area contributed by atoms with Crippen molar-refractivity contribution in [3.05, 3.63) is 65.0 Å². The molecule has 3 fully saturated rings. The van der Waals surface area contributed by atoms with Crippen LogP contribution in [0.4, 0.5) is 13.2 Å². The molecule has 2 aromatic rings. The number of hydrogen-bond donors (Lipinski definition) is 1. The summed E-state index contributed by atoms with van der Waals surface area (Å²) in [5.41, 5.74) is 1.02. The average molecular weight is 559 g/mol. The fourth-order valence-corrected chi connectivity index (χ4v) is 7.40. The lowest BCUT2D eigenvalue weighted by Gasteiger charge is -2.38. The molecule has 1 aromatic heterocycles. The first kappa shape index (κ1) is 27.6. The van der Waals surface area contributed by atoms with Crippen molar-refractivity contribution < 1.29 is 27.4 Å². The van der Waals surface area contributed by atoms with Gasteiger partial charge < -0.3 is 19.7 Å². The largest absolute Gasteiger partial charge is 0.417 e. The van der Waals surface area contributed by atoms with Crippen molar-refractivity contribution in [3.63, 3.8) is 0 Å². The first-order valence-corrected chi connectivity index (χ1v) is 14.2. The van der Waals surface area contributed by atoms with Gasteiger partial charge in [0.25, 0.3) is 0 Å². The Labute approximate surface area is 233 Å². The van der Waals surface area contributed by atoms with Crippen molar-refractivity contribution in [2.75, 3.05) is 40.0 Å². The van der Waals surface area contributed by atoms with E-state index in [-0.39, 0.29) is 36.6 Å². The highest BCUT2D eigenvalue weighted by Gasteiger charge is 2.58. The molecule has 3 aliphatic heterocycles. The van der Waals surface area contributed by atoms with Crippen molar-refractivity contribution in [3.8, 4) is 0 Å². The van der Waals surface area contributed by atoms with Crippen LogP contribution in [0.25, 0.3) is 0 Å². The summed E-state index contributed by atoms with van der Waals surface area (Å²) in [7, 11) is 1.71. The molecule has 4 heterocycles. The topological polar surface area (TPSA) is 66.9 Å². The molecule has 10 heteroatoms. The molecule has 0 radical (unpaired) electrons. The number of rotatable bonds is 6. The Bertz CT molecular complexity index is 1210. The number of nitrogens with zero attached hydrogens (tertiary/aromatic N) is 3. The number of fused-ring (bicyclic) bond motifs is 2. The minimum absolute atomic E-state index is 0.0238. The maximum Gasteiger partial charge on any atom is 0.417 e. The van der Waals surface area contributed by atoms with Crippen LogP contribution in [0.3, 0.4) is 0 Å². The van der Waals surface area contributed by atoms with Crippen LogP contribution in [0, 0.1) is 11.3 Å². The molecular weight excluding hydrogens is 521 g/mol. The minimum Gasteiger partial charge on any atom is -0.379 e. The predicted molar refractivity (Wildman–Crippen MR) is 142 cm³/mol. The van der Waals surface area contributed by atoms with E-state index in [4.69, 9.17) is 9.47 Å². The highest BCUT2D eigenvalue weighted by molar-refractivity contribution is 5.84. The van der Waals surface area contributed by atoms with Crippen LogP contribution in [0.2, 0.25) is 0 Å². The van der Waals surface area contributed by atoms with Gasteiger partial charge in [-0.25, -0.2) is 0 Å². The number of alkyl halides is 3. The molecule has 2 saturated heterocycles. The first-order chi connectivity index (χ1) is 19.2. The molecule has 0 bridgehead atoms. The molecule has 4 aliphatic rings. The van der Waals surface area contributed by atoms with Gasteiger partial charge in [-0.3, -0.25) is 14.7 Å². The highest BCUT2D eigenvalue weighted by atomic mass is 19.4. The van der Waals surface area contributed by atoms with Gasteiger partial charge in [0.1, 0.15) is 0 Å². The number of methoxy groups -OCH3 is 1. The molecule has 1 saturated carbocycles. The third kappa shape index (κ3) is 5.38. The second-order valence-corrected chi connectivity index (χ2v) is 11.9. The summed E-state index contributed by atoms with van der Waals surface area (Å²) >= 11 is 0. The zero-order valence-electron chi connectivity index (χ0n) is 22.8. The first-order valence-electron chi connectivity index (χ1n) is 14.2. The number of carbonyl (C=O) groups excluding carboxylic acids is 1. The van der Waals surface area contributed by atoms with Crippen molar-refractivity contribution >= 4 is 5.91 Å². The monoisotopic (exact) mass is 558 g/mol. The fraction of sp³-hybridized carbons (Fsp3) is 0.600. The molecule has 1 N–H and O–H groups in total. The number of ether oxygens (including phenoxy) is 2. The smallest absolute Gasteiger partial charge is 0.379 e. The molecular formula is C30H37F3N4O3. The van der Waals surface area contributed by atoms with E-state index >= 15 is 0 Å². The average Bonchev–Trinajstić information content (AvgIpc) is 3.46. The number of hydrogen-bond acceptors (Lipinski definition) is 6. The molecule has 5 unspecified atom stereocenters. The van der Waals surface area contributed by atoms with Gasteiger partial charge >= 0.3 is 6.18 Å². The standard InChI is InChI=1S/C30H37F3N4O3/c1-39-27-18-40-10-8-26(27)35-24-12-23-17-36(15-20-5-3-2-4-6-20)19-29(23,13-24)28(38)37-9-7-25-21(16-37)11-22(14-34-25)30(31,32)33/h2-6,11,14,23-24,26-27,35H,7-10,12-13,15-19H2,1H3. The summed E-state index contributed by atoms with van der Waals surface area (Å²) in [6.07, 6.45) is -0.666. The second-order valence-electron chi connectivity index (χ2n) is 11.9. The third-order valence-corrected chi connectivity index (χ3v) is 9.33. The van der Waals surface area contributed by atoms with Gasteiger partial charge in [-0.15, -0.1) is 0 Å². The molecule has 7 nitrogen and oxygen atoms in total. The Morgan fingerprint density at radius 1 is 1.27 bits per heavy atom. The predicted octanol–water partition coefficient (Wildman–Crippen LogP) is 3.66. The van der Waals surface area contributed by atoms with Gasteiger partial charge in [0.15, 0.2) is 0 Å². The maximum atomic E-state index is 14.4. The van der Waals surface area contributed by atoms with Gasteiger partial charge in [-0.05, 0) is 42.4 Å². The van der Waals surface area contributed by atoms with Crippen molar-refractivity contribution in [1.82, 2.24) is 20.1 Å². The number of benzene rings is 1. The molecule has 40 heavy (non-hydrogen) atoms. The van der Waals surface area contributed by atoms with Gasteiger partial charge in [0, 0.05) is 76.8 Å². The number of nitrogens with one attached hydrogen (secondary N) is 1. The number of carbonyl (C=O) groups is 1. The Morgan fingerprint density at radius 2 is 2.10 bits per heavy atom. The molecule has 0 spiro atoms. The molecule has 1 aliphatic carbocycles. The molecule has 5 atom stereocenters. The Balaban J connectivity index is 1.23. The minimum atomic E-state index is -4.46. The van der Waals surface area contributed by atoms with E-state index in [1.165, 1.54) is 11.6 Å². The number of amides is 1. The van der Waals surface area contributed by atoms with Gasteiger partial charge in [-0.1, -0.05) is 30.3 Å². The van der Waals surface area contributed by atoms with E-state index in [2.05, 4.69) is 27.3 Å². The summed E-state index contributed by atoms with van der Waals surface area (Å²) in [6.45, 7) is 4.13. The Hall–Kier alpha value is -2.53. The highest BCUT2D eigenvalue weighted by Crippen LogP contribution is 2.51. The van der Waals surface area contributed by atoms with E-state index < -0.39 is 17.2 Å². The van der Waals surface area contributed by atoms with Crippen molar-refractivity contribution in [2.24, 2.45) is 11.3 Å². The normalized spacial score (nSPS) is 30.8. The van der Waals surface area contributed by atoms with Crippen LogP contribution in [-0.4, -0.2) is 78.8 Å².